The van der Waals surface area contributed by atoms with Crippen molar-refractivity contribution in [3.05, 3.63) is 52.3 Å². The maximum absolute atomic E-state index is 12.2. The number of carboxylic acid groups (broad SMARTS) is 1. The molecule has 0 aliphatic heterocycles. The van der Waals surface area contributed by atoms with Crippen molar-refractivity contribution in [2.24, 2.45) is 0 Å². The number of aromatic carboxylic acids is 1. The first-order valence-electron chi connectivity index (χ1n) is 5.98. The molecule has 2 N–H and O–H groups in total. The van der Waals surface area contributed by atoms with E-state index in [1.54, 1.807) is 13.1 Å². The Morgan fingerprint density at radius 3 is 2.80 bits per heavy atom. The number of aromatic nitrogens is 2. The third-order valence-electron chi connectivity index (χ3n) is 3.15. The second-order valence-electron chi connectivity index (χ2n) is 4.32. The Kier molecular flexibility index (Phi) is 2.64. The van der Waals surface area contributed by atoms with Crippen LogP contribution in [0.4, 0.5) is 0 Å². The normalized spacial score (nSPS) is 10.8. The van der Waals surface area contributed by atoms with Crippen LogP contribution in [0.25, 0.3) is 21.9 Å². The molecule has 3 aromatic rings. The monoisotopic (exact) mass is 269 g/mol. The number of carboxylic acids is 1. The molecular weight excluding hydrogens is 258 g/mol. The second-order valence-corrected chi connectivity index (χ2v) is 4.32. The minimum atomic E-state index is -1.26. The second kappa shape index (κ2) is 4.34. The van der Waals surface area contributed by atoms with Crippen molar-refractivity contribution in [1.82, 2.24) is 9.66 Å². The smallest absolute Gasteiger partial charge is 0.341 e. The van der Waals surface area contributed by atoms with Crippen molar-refractivity contribution in [1.29, 1.82) is 0 Å². The van der Waals surface area contributed by atoms with Gasteiger partial charge >= 0.3 is 5.97 Å². The van der Waals surface area contributed by atoms with Crippen molar-refractivity contribution in [2.75, 3.05) is 12.5 Å². The SMILES string of the molecule is CNn1cc(C(=O)O)c(=O)c2cc3ccccc3nc21. The molecule has 6 nitrogen and oxygen atoms in total. The molecule has 0 bridgehead atoms. The molecule has 0 saturated carbocycles. The van der Waals surface area contributed by atoms with Crippen molar-refractivity contribution >= 4 is 27.9 Å². The average Bonchev–Trinajstić information content (AvgIpc) is 2.46. The summed E-state index contributed by atoms with van der Waals surface area (Å²) >= 11 is 0. The Bertz CT molecular complexity index is 899. The molecule has 100 valence electrons. The number of nitrogens with one attached hydrogen (secondary N) is 1. The van der Waals surface area contributed by atoms with Crippen LogP contribution in [0.3, 0.4) is 0 Å². The van der Waals surface area contributed by atoms with Crippen LogP contribution < -0.4 is 10.9 Å². The fourth-order valence-electron chi connectivity index (χ4n) is 2.17. The zero-order valence-corrected chi connectivity index (χ0v) is 10.6. The van der Waals surface area contributed by atoms with Crippen LogP contribution in [0, 0.1) is 0 Å². The Hall–Kier alpha value is -2.89. The van der Waals surface area contributed by atoms with Gasteiger partial charge in [0.2, 0.25) is 5.43 Å². The summed E-state index contributed by atoms with van der Waals surface area (Å²) in [7, 11) is 1.63. The summed E-state index contributed by atoms with van der Waals surface area (Å²) in [5, 5.41) is 10.2. The number of hydrogen-bond acceptors (Lipinski definition) is 4. The van der Waals surface area contributed by atoms with Crippen LogP contribution in [0.2, 0.25) is 0 Å². The fourth-order valence-corrected chi connectivity index (χ4v) is 2.17. The van der Waals surface area contributed by atoms with E-state index in [-0.39, 0.29) is 10.9 Å². The van der Waals surface area contributed by atoms with E-state index in [9.17, 15) is 9.59 Å². The molecule has 0 aliphatic carbocycles. The van der Waals surface area contributed by atoms with Gasteiger partial charge in [-0.15, -0.1) is 0 Å². The summed E-state index contributed by atoms with van der Waals surface area (Å²) < 4.78 is 1.44. The summed E-state index contributed by atoms with van der Waals surface area (Å²) in [4.78, 5) is 27.8. The van der Waals surface area contributed by atoms with E-state index in [4.69, 9.17) is 5.11 Å². The maximum Gasteiger partial charge on any atom is 0.341 e. The van der Waals surface area contributed by atoms with Crippen molar-refractivity contribution in [2.45, 2.75) is 0 Å². The first kappa shape index (κ1) is 12.2. The molecule has 20 heavy (non-hydrogen) atoms. The number of nitrogens with zero attached hydrogens (tertiary/aromatic N) is 2. The molecule has 0 radical (unpaired) electrons. The molecule has 0 saturated heterocycles. The number of benzene rings is 1. The predicted octanol–water partition coefficient (Wildman–Crippen LogP) is 1.42. The molecule has 0 unspecified atom stereocenters. The van der Waals surface area contributed by atoms with Gasteiger partial charge in [-0.25, -0.2) is 14.5 Å². The quantitative estimate of drug-likeness (QED) is 0.687. The highest BCUT2D eigenvalue weighted by molar-refractivity contribution is 5.96. The van der Waals surface area contributed by atoms with Crippen LogP contribution >= 0.6 is 0 Å². The van der Waals surface area contributed by atoms with E-state index >= 15 is 0 Å². The van der Waals surface area contributed by atoms with Crippen molar-refractivity contribution in [3.63, 3.8) is 0 Å². The van der Waals surface area contributed by atoms with Crippen molar-refractivity contribution in [3.8, 4) is 0 Å². The van der Waals surface area contributed by atoms with Crippen LogP contribution in [-0.2, 0) is 0 Å². The van der Waals surface area contributed by atoms with E-state index in [0.717, 1.165) is 10.9 Å². The lowest BCUT2D eigenvalue weighted by molar-refractivity contribution is 0.0695. The molecule has 0 fully saturated rings. The van der Waals surface area contributed by atoms with Crippen LogP contribution in [0.1, 0.15) is 10.4 Å². The summed E-state index contributed by atoms with van der Waals surface area (Å²) in [6.07, 6.45) is 1.24. The molecule has 0 spiro atoms. The van der Waals surface area contributed by atoms with Gasteiger partial charge in [0.1, 0.15) is 5.56 Å². The van der Waals surface area contributed by atoms with E-state index in [2.05, 4.69) is 10.4 Å². The summed E-state index contributed by atoms with van der Waals surface area (Å²) in [6, 6.07) is 9.03. The summed E-state index contributed by atoms with van der Waals surface area (Å²) in [6.45, 7) is 0. The minimum absolute atomic E-state index is 0.276. The van der Waals surface area contributed by atoms with E-state index in [0.29, 0.717) is 5.65 Å². The topological polar surface area (TPSA) is 84.2 Å². The first-order chi connectivity index (χ1) is 9.61. The molecule has 0 amide bonds. The fraction of sp³-hybridized carbons (Fsp3) is 0.0714. The maximum atomic E-state index is 12.2. The van der Waals surface area contributed by atoms with E-state index in [1.165, 1.54) is 10.9 Å². The van der Waals surface area contributed by atoms with Crippen LogP contribution in [0.5, 0.6) is 0 Å². The summed E-state index contributed by atoms with van der Waals surface area (Å²) in [5.41, 5.74) is 3.14. The predicted molar refractivity (Wildman–Crippen MR) is 75.8 cm³/mol. The number of carbonyl (C=O) groups is 1. The van der Waals surface area contributed by atoms with Gasteiger partial charge in [-0.3, -0.25) is 4.79 Å². The number of pyridine rings is 2. The van der Waals surface area contributed by atoms with Gasteiger partial charge in [-0.1, -0.05) is 18.2 Å². The molecule has 0 aliphatic rings. The van der Waals surface area contributed by atoms with Gasteiger partial charge in [-0.05, 0) is 12.1 Å². The Morgan fingerprint density at radius 1 is 1.35 bits per heavy atom. The number of para-hydroxylation sites is 1. The first-order valence-corrected chi connectivity index (χ1v) is 5.98. The Balaban J connectivity index is 2.53. The van der Waals surface area contributed by atoms with Gasteiger partial charge in [0.15, 0.2) is 5.65 Å². The highest BCUT2D eigenvalue weighted by atomic mass is 16.4. The van der Waals surface area contributed by atoms with Gasteiger partial charge in [0, 0.05) is 18.6 Å². The lowest BCUT2D eigenvalue weighted by Gasteiger charge is -2.11. The standard InChI is InChI=1S/C14H11N3O3/c1-15-17-7-10(14(19)20)12(18)9-6-8-4-2-3-5-11(8)16-13(9)17/h2-7,15H,1H3,(H,19,20). The highest BCUT2D eigenvalue weighted by Crippen LogP contribution is 2.17. The van der Waals surface area contributed by atoms with Gasteiger partial charge in [-0.2, -0.15) is 0 Å². The molecule has 3 rings (SSSR count). The molecule has 2 aromatic heterocycles. The zero-order chi connectivity index (χ0) is 14.3. The van der Waals surface area contributed by atoms with Crippen LogP contribution in [-0.4, -0.2) is 27.8 Å². The number of rotatable bonds is 2. The third kappa shape index (κ3) is 1.70. The van der Waals surface area contributed by atoms with E-state index in [1.807, 2.05) is 24.3 Å². The average molecular weight is 269 g/mol. The third-order valence-corrected chi connectivity index (χ3v) is 3.15. The number of fused-ring (bicyclic) bond motifs is 2. The largest absolute Gasteiger partial charge is 0.477 e. The molecule has 2 heterocycles. The lowest BCUT2D eigenvalue weighted by Crippen LogP contribution is -2.22. The number of hydrogen-bond donors (Lipinski definition) is 2. The Morgan fingerprint density at radius 2 is 2.10 bits per heavy atom. The molecule has 0 atom stereocenters. The molecular formula is C14H11N3O3. The molecule has 1 aromatic carbocycles. The minimum Gasteiger partial charge on any atom is -0.477 e. The summed E-state index contributed by atoms with van der Waals surface area (Å²) in [5.74, 6) is -1.26. The van der Waals surface area contributed by atoms with Crippen molar-refractivity contribution < 1.29 is 9.90 Å². The zero-order valence-electron chi connectivity index (χ0n) is 10.6. The molecule has 6 heteroatoms. The lowest BCUT2D eigenvalue weighted by atomic mass is 10.1. The van der Waals surface area contributed by atoms with Gasteiger partial charge in [0.25, 0.3) is 0 Å². The van der Waals surface area contributed by atoms with E-state index < -0.39 is 11.4 Å². The van der Waals surface area contributed by atoms with Gasteiger partial charge < -0.3 is 10.5 Å². The van der Waals surface area contributed by atoms with Gasteiger partial charge in [0.05, 0.1) is 10.9 Å². The highest BCUT2D eigenvalue weighted by Gasteiger charge is 2.15. The Labute approximate surface area is 113 Å². The van der Waals surface area contributed by atoms with Crippen LogP contribution in [0.15, 0.2) is 41.3 Å².